The van der Waals surface area contributed by atoms with E-state index in [0.29, 0.717) is 32.4 Å². The van der Waals surface area contributed by atoms with Gasteiger partial charge in [0.15, 0.2) is 0 Å². The van der Waals surface area contributed by atoms with E-state index in [2.05, 4.69) is 27.9 Å². The number of amides is 3. The summed E-state index contributed by atoms with van der Waals surface area (Å²) in [6.45, 7) is 3.41. The first-order valence-corrected chi connectivity index (χ1v) is 16.8. The number of carbonyl (C=O) groups excluding carboxylic acids is 3. The number of hydrogen-bond acceptors (Lipinski definition) is 4. The van der Waals surface area contributed by atoms with Gasteiger partial charge in [0.25, 0.3) is 0 Å². The summed E-state index contributed by atoms with van der Waals surface area (Å²) < 4.78 is 0. The Morgan fingerprint density at radius 2 is 1.19 bits per heavy atom. The highest BCUT2D eigenvalue weighted by atomic mass is 16.2. The van der Waals surface area contributed by atoms with Crippen LogP contribution in [0.2, 0.25) is 0 Å². The predicted molar refractivity (Wildman–Crippen MR) is 175 cm³/mol. The minimum Gasteiger partial charge on any atom is -0.354 e. The Hall–Kier alpha value is -3.22. The van der Waals surface area contributed by atoms with Gasteiger partial charge >= 0.3 is 0 Å². The molecule has 1 aromatic carbocycles. The van der Waals surface area contributed by atoms with Crippen molar-refractivity contribution in [3.8, 4) is 0 Å². The van der Waals surface area contributed by atoms with Gasteiger partial charge in [0.2, 0.25) is 17.7 Å². The number of carbonyl (C=O) groups is 3. The summed E-state index contributed by atoms with van der Waals surface area (Å²) in [7, 11) is 0. The lowest BCUT2D eigenvalue weighted by Crippen LogP contribution is -2.48. The van der Waals surface area contributed by atoms with Gasteiger partial charge in [-0.05, 0) is 42.5 Å². The number of benzene rings is 1. The second kappa shape index (κ2) is 24.2. The summed E-state index contributed by atoms with van der Waals surface area (Å²) in [4.78, 5) is 41.6. The highest BCUT2D eigenvalue weighted by Crippen LogP contribution is 2.11. The Bertz CT molecular complexity index is 1000. The van der Waals surface area contributed by atoms with Crippen molar-refractivity contribution in [2.24, 2.45) is 0 Å². The van der Waals surface area contributed by atoms with E-state index in [0.717, 1.165) is 62.5 Å². The van der Waals surface area contributed by atoms with E-state index in [1.165, 1.54) is 44.9 Å². The van der Waals surface area contributed by atoms with E-state index in [1.54, 1.807) is 12.4 Å². The molecule has 7 nitrogen and oxygen atoms in total. The number of pyridine rings is 1. The van der Waals surface area contributed by atoms with Crippen molar-refractivity contribution < 1.29 is 14.4 Å². The van der Waals surface area contributed by atoms with Crippen molar-refractivity contribution in [2.75, 3.05) is 6.54 Å². The van der Waals surface area contributed by atoms with Crippen molar-refractivity contribution in [3.05, 3.63) is 66.0 Å². The SMILES string of the molecule is CCCCCCCCCC(=O)N[C@@H](Cc1ccccc1)C(=O)NCCCCCCCCCCC(=O)NCc1ccncc1. The standard InChI is InChI=1S/C36H56N4O3/c1-2-3-4-5-8-12-18-23-35(42)40-33(29-31-20-15-14-16-21-31)36(43)38-26-19-13-10-7-6-9-11-17-22-34(41)39-30-32-24-27-37-28-25-32/h14-16,20-21,24-25,27-28,33H,2-13,17-19,22-23,26,29-30H2,1H3,(H,38,43)(H,39,41)(H,40,42)/t33-/m0/s1. The predicted octanol–water partition coefficient (Wildman–Crippen LogP) is 7.19. The van der Waals surface area contributed by atoms with Crippen LogP contribution in [-0.4, -0.2) is 35.3 Å². The molecule has 0 saturated carbocycles. The monoisotopic (exact) mass is 592 g/mol. The normalized spacial score (nSPS) is 11.6. The van der Waals surface area contributed by atoms with Gasteiger partial charge in [-0.25, -0.2) is 0 Å². The van der Waals surface area contributed by atoms with Crippen molar-refractivity contribution in [2.45, 2.75) is 135 Å². The van der Waals surface area contributed by atoms with Gasteiger partial charge in [0.05, 0.1) is 0 Å². The van der Waals surface area contributed by atoms with Crippen LogP contribution in [0.1, 0.15) is 127 Å². The summed E-state index contributed by atoms with van der Waals surface area (Å²) in [6.07, 6.45) is 21.8. The molecular weight excluding hydrogens is 536 g/mol. The molecule has 1 aromatic heterocycles. The van der Waals surface area contributed by atoms with E-state index >= 15 is 0 Å². The third kappa shape index (κ3) is 18.8. The van der Waals surface area contributed by atoms with Gasteiger partial charge in [0.1, 0.15) is 6.04 Å². The molecule has 0 spiro atoms. The Labute approximate surface area is 260 Å². The zero-order valence-electron chi connectivity index (χ0n) is 26.6. The Morgan fingerprint density at radius 1 is 0.628 bits per heavy atom. The van der Waals surface area contributed by atoms with E-state index in [-0.39, 0.29) is 17.7 Å². The highest BCUT2D eigenvalue weighted by molar-refractivity contribution is 5.87. The lowest BCUT2D eigenvalue weighted by molar-refractivity contribution is -0.129. The van der Waals surface area contributed by atoms with Gasteiger partial charge in [-0.3, -0.25) is 19.4 Å². The molecule has 0 aliphatic heterocycles. The molecule has 2 aromatic rings. The van der Waals surface area contributed by atoms with E-state index < -0.39 is 6.04 Å². The first-order chi connectivity index (χ1) is 21.1. The highest BCUT2D eigenvalue weighted by Gasteiger charge is 2.20. The van der Waals surface area contributed by atoms with Crippen molar-refractivity contribution in [3.63, 3.8) is 0 Å². The minimum atomic E-state index is -0.544. The zero-order valence-corrected chi connectivity index (χ0v) is 26.6. The van der Waals surface area contributed by atoms with Crippen LogP contribution >= 0.6 is 0 Å². The van der Waals surface area contributed by atoms with Crippen molar-refractivity contribution in [1.82, 2.24) is 20.9 Å². The molecule has 3 amide bonds. The van der Waals surface area contributed by atoms with Crippen molar-refractivity contribution in [1.29, 1.82) is 0 Å². The molecule has 3 N–H and O–H groups in total. The van der Waals surface area contributed by atoms with E-state index in [4.69, 9.17) is 0 Å². The molecule has 0 bridgehead atoms. The van der Waals surface area contributed by atoms with E-state index in [9.17, 15) is 14.4 Å². The maximum absolute atomic E-state index is 13.0. The smallest absolute Gasteiger partial charge is 0.242 e. The van der Waals surface area contributed by atoms with E-state index in [1.807, 2.05) is 42.5 Å². The Balaban J connectivity index is 1.53. The van der Waals surface area contributed by atoms with Crippen LogP contribution in [-0.2, 0) is 27.3 Å². The fourth-order valence-electron chi connectivity index (χ4n) is 5.16. The summed E-state index contributed by atoms with van der Waals surface area (Å²) in [5.41, 5.74) is 2.11. The number of nitrogens with one attached hydrogen (secondary N) is 3. The molecule has 2 rings (SSSR count). The first kappa shape index (κ1) is 36.0. The average Bonchev–Trinajstić information content (AvgIpc) is 3.02. The number of aromatic nitrogens is 1. The number of unbranched alkanes of at least 4 members (excludes halogenated alkanes) is 13. The first-order valence-electron chi connectivity index (χ1n) is 16.8. The number of hydrogen-bond donors (Lipinski definition) is 3. The molecule has 0 aliphatic carbocycles. The molecule has 0 radical (unpaired) electrons. The molecule has 43 heavy (non-hydrogen) atoms. The molecule has 0 saturated heterocycles. The average molecular weight is 593 g/mol. The quantitative estimate of drug-likeness (QED) is 0.106. The van der Waals surface area contributed by atoms with Crippen LogP contribution < -0.4 is 16.0 Å². The molecule has 7 heteroatoms. The van der Waals surface area contributed by atoms with Crippen LogP contribution in [0.5, 0.6) is 0 Å². The third-order valence-electron chi connectivity index (χ3n) is 7.81. The number of rotatable bonds is 25. The van der Waals surface area contributed by atoms with Gasteiger partial charge in [-0.1, -0.05) is 114 Å². The molecular formula is C36H56N4O3. The zero-order chi connectivity index (χ0) is 30.8. The molecule has 238 valence electrons. The van der Waals surface area contributed by atoms with Gasteiger partial charge in [-0.15, -0.1) is 0 Å². The van der Waals surface area contributed by atoms with Gasteiger partial charge in [0, 0.05) is 44.7 Å². The Kier molecular flexibility index (Phi) is 20.3. The second-order valence-corrected chi connectivity index (χ2v) is 11.7. The maximum atomic E-state index is 13.0. The second-order valence-electron chi connectivity index (χ2n) is 11.7. The fraction of sp³-hybridized carbons (Fsp3) is 0.611. The molecule has 0 unspecified atom stereocenters. The topological polar surface area (TPSA) is 100 Å². The minimum absolute atomic E-state index is 0.0322. The molecule has 0 fully saturated rings. The van der Waals surface area contributed by atoms with Crippen LogP contribution in [0.4, 0.5) is 0 Å². The number of nitrogens with zero attached hydrogens (tertiary/aromatic N) is 1. The summed E-state index contributed by atoms with van der Waals surface area (Å²) in [6, 6.07) is 13.2. The Morgan fingerprint density at radius 3 is 1.81 bits per heavy atom. The summed E-state index contributed by atoms with van der Waals surface area (Å²) >= 11 is 0. The summed E-state index contributed by atoms with van der Waals surface area (Å²) in [5, 5.41) is 9.03. The van der Waals surface area contributed by atoms with Gasteiger partial charge < -0.3 is 16.0 Å². The van der Waals surface area contributed by atoms with Crippen LogP contribution in [0, 0.1) is 0 Å². The molecule has 1 heterocycles. The maximum Gasteiger partial charge on any atom is 0.242 e. The fourth-order valence-corrected chi connectivity index (χ4v) is 5.16. The van der Waals surface area contributed by atoms with Crippen LogP contribution in [0.25, 0.3) is 0 Å². The third-order valence-corrected chi connectivity index (χ3v) is 7.81. The van der Waals surface area contributed by atoms with Crippen molar-refractivity contribution >= 4 is 17.7 Å². The molecule has 1 atom stereocenters. The lowest BCUT2D eigenvalue weighted by atomic mass is 10.0. The van der Waals surface area contributed by atoms with Crippen LogP contribution in [0.3, 0.4) is 0 Å². The summed E-state index contributed by atoms with van der Waals surface area (Å²) in [5.74, 6) is -0.0191. The van der Waals surface area contributed by atoms with Crippen LogP contribution in [0.15, 0.2) is 54.9 Å². The largest absolute Gasteiger partial charge is 0.354 e. The van der Waals surface area contributed by atoms with Gasteiger partial charge in [-0.2, -0.15) is 0 Å². The molecule has 0 aliphatic rings. The lowest BCUT2D eigenvalue weighted by Gasteiger charge is -2.19.